The van der Waals surface area contributed by atoms with E-state index in [1.807, 2.05) is 32.0 Å². The van der Waals surface area contributed by atoms with E-state index in [-0.39, 0.29) is 23.9 Å². The van der Waals surface area contributed by atoms with E-state index in [0.717, 1.165) is 11.1 Å². The number of amidine groups is 1. The lowest BCUT2D eigenvalue weighted by Crippen LogP contribution is -2.26. The van der Waals surface area contributed by atoms with Crippen LogP contribution in [0.25, 0.3) is 0 Å². The van der Waals surface area contributed by atoms with Crippen LogP contribution in [-0.4, -0.2) is 33.4 Å². The number of nitrogens with one attached hydrogen (secondary N) is 1. The summed E-state index contributed by atoms with van der Waals surface area (Å²) in [5, 5.41) is 20.0. The van der Waals surface area contributed by atoms with E-state index < -0.39 is 5.25 Å². The van der Waals surface area contributed by atoms with Crippen LogP contribution in [0.3, 0.4) is 0 Å². The van der Waals surface area contributed by atoms with Gasteiger partial charge in [0.05, 0.1) is 11.5 Å². The van der Waals surface area contributed by atoms with Gasteiger partial charge in [0, 0.05) is 17.5 Å². The van der Waals surface area contributed by atoms with Crippen molar-refractivity contribution >= 4 is 34.8 Å². The minimum Gasteiger partial charge on any atom is -0.507 e. The Kier molecular flexibility index (Phi) is 5.71. The monoisotopic (exact) mass is 381 g/mol. The first-order chi connectivity index (χ1) is 12.9. The molecule has 6 nitrogen and oxygen atoms in total. The van der Waals surface area contributed by atoms with Crippen LogP contribution in [-0.2, 0) is 4.79 Å². The Balaban J connectivity index is 1.66. The van der Waals surface area contributed by atoms with E-state index >= 15 is 0 Å². The standard InChI is InChI=1S/C20H19N3O3S/c1-12-7-8-13(2)15(9-12)17(25)10-18-19(26)22-20(27-18)23-21-11-14-5-3-4-6-16(14)24/h3-9,11,18,24H,10H2,1-2H3,(H,22,23,26)/b21-11+. The molecule has 0 spiro atoms. The topological polar surface area (TPSA) is 91.1 Å². The highest BCUT2D eigenvalue weighted by molar-refractivity contribution is 8.15. The summed E-state index contributed by atoms with van der Waals surface area (Å²) in [4.78, 5) is 24.7. The zero-order valence-electron chi connectivity index (χ0n) is 15.0. The molecule has 1 heterocycles. The molecular weight excluding hydrogens is 362 g/mol. The second-order valence-electron chi connectivity index (χ2n) is 6.25. The first-order valence-corrected chi connectivity index (χ1v) is 9.29. The van der Waals surface area contributed by atoms with Gasteiger partial charge in [0.1, 0.15) is 5.75 Å². The van der Waals surface area contributed by atoms with Gasteiger partial charge in [-0.3, -0.25) is 9.59 Å². The predicted octanol–water partition coefficient (Wildman–Crippen LogP) is 3.20. The highest BCUT2D eigenvalue weighted by Gasteiger charge is 2.32. The van der Waals surface area contributed by atoms with Gasteiger partial charge < -0.3 is 10.4 Å². The van der Waals surface area contributed by atoms with Crippen molar-refractivity contribution in [1.82, 2.24) is 5.32 Å². The van der Waals surface area contributed by atoms with E-state index in [4.69, 9.17) is 0 Å². The van der Waals surface area contributed by atoms with E-state index in [9.17, 15) is 14.7 Å². The number of carbonyl (C=O) groups excluding carboxylic acids is 2. The molecule has 2 aromatic rings. The smallest absolute Gasteiger partial charge is 0.240 e. The van der Waals surface area contributed by atoms with Crippen molar-refractivity contribution in [2.24, 2.45) is 10.2 Å². The zero-order valence-corrected chi connectivity index (χ0v) is 15.8. The fraction of sp³-hybridized carbons (Fsp3) is 0.200. The van der Waals surface area contributed by atoms with Gasteiger partial charge in [-0.1, -0.05) is 41.6 Å². The van der Waals surface area contributed by atoms with Crippen molar-refractivity contribution in [1.29, 1.82) is 0 Å². The van der Waals surface area contributed by atoms with E-state index in [2.05, 4.69) is 15.5 Å². The molecule has 2 N–H and O–H groups in total. The Morgan fingerprint density at radius 1 is 1.26 bits per heavy atom. The summed E-state index contributed by atoms with van der Waals surface area (Å²) in [6.07, 6.45) is 1.51. The SMILES string of the molecule is Cc1ccc(C)c(C(=O)CC2S/C(=N\N=C\c3ccccc3O)NC2=O)c1. The molecule has 0 aromatic heterocycles. The number of ketones is 1. The van der Waals surface area contributed by atoms with E-state index in [1.165, 1.54) is 18.0 Å². The van der Waals surface area contributed by atoms with Crippen molar-refractivity contribution in [2.75, 3.05) is 0 Å². The number of carbonyl (C=O) groups is 2. The van der Waals surface area contributed by atoms with Gasteiger partial charge in [0.2, 0.25) is 5.91 Å². The molecule has 1 amide bonds. The van der Waals surface area contributed by atoms with Crippen molar-refractivity contribution in [3.63, 3.8) is 0 Å². The summed E-state index contributed by atoms with van der Waals surface area (Å²) in [5.41, 5.74) is 3.08. The van der Waals surface area contributed by atoms with Gasteiger partial charge in [-0.15, -0.1) is 5.10 Å². The molecule has 0 saturated carbocycles. The molecule has 3 rings (SSSR count). The Labute approximate surface area is 161 Å². The average molecular weight is 381 g/mol. The number of phenols is 1. The molecule has 1 aliphatic rings. The minimum atomic E-state index is -0.531. The van der Waals surface area contributed by atoms with Crippen LogP contribution in [0.15, 0.2) is 52.7 Å². The van der Waals surface area contributed by atoms with Crippen LogP contribution < -0.4 is 5.32 Å². The predicted molar refractivity (Wildman–Crippen MR) is 108 cm³/mol. The highest BCUT2D eigenvalue weighted by atomic mass is 32.2. The van der Waals surface area contributed by atoms with Crippen LogP contribution in [0.2, 0.25) is 0 Å². The maximum absolute atomic E-state index is 12.6. The fourth-order valence-corrected chi connectivity index (χ4v) is 3.57. The Bertz CT molecular complexity index is 953. The third kappa shape index (κ3) is 4.62. The van der Waals surface area contributed by atoms with Gasteiger partial charge in [-0.25, -0.2) is 0 Å². The summed E-state index contributed by atoms with van der Waals surface area (Å²) in [7, 11) is 0. The number of thioether (sulfide) groups is 1. The van der Waals surface area contributed by atoms with Crippen LogP contribution >= 0.6 is 11.8 Å². The van der Waals surface area contributed by atoms with Crippen molar-refractivity contribution < 1.29 is 14.7 Å². The molecule has 2 aromatic carbocycles. The molecule has 27 heavy (non-hydrogen) atoms. The maximum Gasteiger partial charge on any atom is 0.240 e. The van der Waals surface area contributed by atoms with E-state index in [1.54, 1.807) is 24.3 Å². The lowest BCUT2D eigenvalue weighted by Gasteiger charge is -2.08. The van der Waals surface area contributed by atoms with Gasteiger partial charge in [0.15, 0.2) is 11.0 Å². The number of benzene rings is 2. The number of phenolic OH excluding ortho intramolecular Hbond substituents is 1. The first-order valence-electron chi connectivity index (χ1n) is 8.41. The largest absolute Gasteiger partial charge is 0.507 e. The zero-order chi connectivity index (χ0) is 19.4. The van der Waals surface area contributed by atoms with Gasteiger partial charge in [-0.05, 0) is 37.6 Å². The lowest BCUT2D eigenvalue weighted by atomic mass is 9.99. The average Bonchev–Trinajstić information content (AvgIpc) is 2.98. The molecule has 1 atom stereocenters. The third-order valence-corrected chi connectivity index (χ3v) is 5.20. The lowest BCUT2D eigenvalue weighted by molar-refractivity contribution is -0.118. The Morgan fingerprint density at radius 3 is 2.81 bits per heavy atom. The molecule has 138 valence electrons. The Morgan fingerprint density at radius 2 is 2.04 bits per heavy atom. The summed E-state index contributed by atoms with van der Waals surface area (Å²) in [6, 6.07) is 12.4. The van der Waals surface area contributed by atoms with Crippen molar-refractivity contribution in [3.05, 3.63) is 64.7 Å². The van der Waals surface area contributed by atoms with Crippen LogP contribution in [0.4, 0.5) is 0 Å². The third-order valence-electron chi connectivity index (χ3n) is 4.12. The minimum absolute atomic E-state index is 0.0668. The quantitative estimate of drug-likeness (QED) is 0.473. The number of amides is 1. The summed E-state index contributed by atoms with van der Waals surface area (Å²) >= 11 is 1.18. The molecular formula is C20H19N3O3S. The van der Waals surface area contributed by atoms with Crippen molar-refractivity contribution in [3.8, 4) is 5.75 Å². The van der Waals surface area contributed by atoms with E-state index in [0.29, 0.717) is 16.3 Å². The van der Waals surface area contributed by atoms with Crippen LogP contribution in [0.5, 0.6) is 5.75 Å². The Hall–Kier alpha value is -2.93. The number of rotatable bonds is 5. The first kappa shape index (κ1) is 18.8. The maximum atomic E-state index is 12.6. The number of nitrogens with zero attached hydrogens (tertiary/aromatic N) is 2. The van der Waals surface area contributed by atoms with Gasteiger partial charge in [0.25, 0.3) is 0 Å². The molecule has 0 aliphatic carbocycles. The number of Topliss-reactive ketones (excluding diaryl/α,β-unsaturated/α-hetero) is 1. The number of hydrogen-bond acceptors (Lipinski definition) is 6. The second kappa shape index (κ2) is 8.18. The van der Waals surface area contributed by atoms with Crippen LogP contribution in [0.1, 0.15) is 33.5 Å². The molecule has 1 fully saturated rings. The molecule has 1 unspecified atom stereocenters. The number of para-hydroxylation sites is 1. The number of aromatic hydroxyl groups is 1. The van der Waals surface area contributed by atoms with Gasteiger partial charge in [-0.2, -0.15) is 5.10 Å². The van der Waals surface area contributed by atoms with Crippen molar-refractivity contribution in [2.45, 2.75) is 25.5 Å². The summed E-state index contributed by atoms with van der Waals surface area (Å²) < 4.78 is 0. The van der Waals surface area contributed by atoms with Crippen LogP contribution in [0, 0.1) is 13.8 Å². The number of hydrogen-bond donors (Lipinski definition) is 2. The van der Waals surface area contributed by atoms with Gasteiger partial charge >= 0.3 is 0 Å². The molecule has 7 heteroatoms. The number of aryl methyl sites for hydroxylation is 2. The normalized spacial score (nSPS) is 18.2. The fourth-order valence-electron chi connectivity index (χ4n) is 2.64. The highest BCUT2D eigenvalue weighted by Crippen LogP contribution is 2.25. The second-order valence-corrected chi connectivity index (χ2v) is 7.44. The summed E-state index contributed by atoms with van der Waals surface area (Å²) in [5.74, 6) is -0.223. The molecule has 1 aliphatic heterocycles. The molecule has 0 radical (unpaired) electrons. The molecule has 0 bridgehead atoms. The molecule has 1 saturated heterocycles. The summed E-state index contributed by atoms with van der Waals surface area (Å²) in [6.45, 7) is 3.82.